The summed E-state index contributed by atoms with van der Waals surface area (Å²) in [7, 11) is -1.36. The number of anilines is 2. The van der Waals surface area contributed by atoms with Gasteiger partial charge in [0.05, 0.1) is 22.6 Å². The van der Waals surface area contributed by atoms with Crippen molar-refractivity contribution in [2.24, 2.45) is 12.8 Å². The molecular formula is C25H28FN7O4S. The normalized spacial score (nSPS) is 16.4. The highest BCUT2D eigenvalue weighted by Gasteiger charge is 2.26. The second-order valence-electron chi connectivity index (χ2n) is 9.56. The van der Waals surface area contributed by atoms with Gasteiger partial charge in [-0.3, -0.25) is 9.48 Å². The van der Waals surface area contributed by atoms with Crippen molar-refractivity contribution in [2.75, 3.05) is 28.7 Å². The van der Waals surface area contributed by atoms with Gasteiger partial charge in [0.2, 0.25) is 0 Å². The maximum atomic E-state index is 14.6. The number of carbonyl (C=O) groups is 1. The molecule has 1 aliphatic rings. The lowest BCUT2D eigenvalue weighted by Gasteiger charge is -2.22. The molecule has 38 heavy (non-hydrogen) atoms. The van der Waals surface area contributed by atoms with Gasteiger partial charge >= 0.3 is 6.01 Å². The van der Waals surface area contributed by atoms with Crippen LogP contribution < -0.4 is 21.1 Å². The minimum absolute atomic E-state index is 0.0437. The fourth-order valence-electron chi connectivity index (χ4n) is 4.39. The van der Waals surface area contributed by atoms with Crippen molar-refractivity contribution in [1.29, 1.82) is 0 Å². The van der Waals surface area contributed by atoms with Crippen molar-refractivity contribution in [2.45, 2.75) is 31.9 Å². The Kier molecular flexibility index (Phi) is 6.88. The fourth-order valence-corrected chi connectivity index (χ4v) is 5.83. The second-order valence-corrected chi connectivity index (χ2v) is 11.9. The zero-order valence-electron chi connectivity index (χ0n) is 20.9. The van der Waals surface area contributed by atoms with Gasteiger partial charge in [0.25, 0.3) is 5.91 Å². The van der Waals surface area contributed by atoms with Crippen LogP contribution in [0.3, 0.4) is 0 Å². The highest BCUT2D eigenvalue weighted by atomic mass is 32.2. The number of benzene rings is 2. The number of aromatic nitrogens is 4. The summed E-state index contributed by atoms with van der Waals surface area (Å²) >= 11 is 0. The molecule has 3 heterocycles. The van der Waals surface area contributed by atoms with Gasteiger partial charge in [0, 0.05) is 54.2 Å². The Morgan fingerprint density at radius 2 is 2.03 bits per heavy atom. The topological polar surface area (TPSA) is 154 Å². The van der Waals surface area contributed by atoms with Crippen molar-refractivity contribution in [1.82, 2.24) is 19.7 Å². The number of hydrogen-bond acceptors (Lipinski definition) is 9. The Balaban J connectivity index is 1.48. The van der Waals surface area contributed by atoms with Crippen molar-refractivity contribution in [3.63, 3.8) is 0 Å². The van der Waals surface area contributed by atoms with Crippen LogP contribution in [0.25, 0.3) is 21.8 Å². The van der Waals surface area contributed by atoms with Crippen LogP contribution in [-0.2, 0) is 16.9 Å². The lowest BCUT2D eigenvalue weighted by molar-refractivity contribution is 0.102. The number of aryl methyl sites for hydroxylation is 1. The quantitative estimate of drug-likeness (QED) is 0.320. The predicted octanol–water partition coefficient (Wildman–Crippen LogP) is 2.62. The van der Waals surface area contributed by atoms with E-state index in [4.69, 9.17) is 10.5 Å². The first-order valence-electron chi connectivity index (χ1n) is 12.2. The van der Waals surface area contributed by atoms with Crippen LogP contribution in [-0.4, -0.2) is 64.3 Å². The number of sulfone groups is 1. The minimum Gasteiger partial charge on any atom is -0.460 e. The smallest absolute Gasteiger partial charge is 0.317 e. The molecule has 0 radical (unpaired) electrons. The summed E-state index contributed by atoms with van der Waals surface area (Å²) in [6.07, 6.45) is 3.56. The standard InChI is InChI=1S/C25H28FN7O4S/c1-14(27)11-28-21-4-3-18(24(34)30-16-9-15-13-33(2)32-22(15)20(26)10-16)23-19(21)12-29-25(31-23)37-17-5-7-38(35,36)8-6-17/h3-4,9-10,12-14,17,28H,5-8,11,27H2,1-2H3,(H,30,34)/t14-/m1/s1. The summed E-state index contributed by atoms with van der Waals surface area (Å²) < 4.78 is 45.5. The van der Waals surface area contributed by atoms with Crippen LogP contribution in [0.5, 0.6) is 6.01 Å². The van der Waals surface area contributed by atoms with E-state index in [9.17, 15) is 17.6 Å². The maximum Gasteiger partial charge on any atom is 0.317 e. The first-order chi connectivity index (χ1) is 18.1. The van der Waals surface area contributed by atoms with E-state index in [1.807, 2.05) is 6.92 Å². The third kappa shape index (κ3) is 5.53. The van der Waals surface area contributed by atoms with E-state index in [1.165, 1.54) is 10.7 Å². The molecule has 1 fully saturated rings. The van der Waals surface area contributed by atoms with Crippen molar-refractivity contribution in [3.8, 4) is 6.01 Å². The molecule has 0 aliphatic carbocycles. The molecule has 1 atom stereocenters. The van der Waals surface area contributed by atoms with E-state index >= 15 is 0 Å². The molecule has 4 aromatic rings. The largest absolute Gasteiger partial charge is 0.460 e. The van der Waals surface area contributed by atoms with E-state index in [0.29, 0.717) is 41.4 Å². The zero-order chi connectivity index (χ0) is 27.0. The van der Waals surface area contributed by atoms with Crippen molar-refractivity contribution >= 4 is 48.9 Å². The van der Waals surface area contributed by atoms with Crippen LogP contribution in [0.4, 0.5) is 15.8 Å². The molecule has 13 heteroatoms. The summed E-state index contributed by atoms with van der Waals surface area (Å²) in [5.41, 5.74) is 7.62. The highest BCUT2D eigenvalue weighted by Crippen LogP contribution is 2.29. The van der Waals surface area contributed by atoms with Gasteiger partial charge in [0.1, 0.15) is 11.6 Å². The third-order valence-electron chi connectivity index (χ3n) is 6.30. The predicted molar refractivity (Wildman–Crippen MR) is 143 cm³/mol. The summed E-state index contributed by atoms with van der Waals surface area (Å²) in [6, 6.07) is 6.14. The molecule has 1 amide bonds. The molecule has 0 spiro atoms. The minimum atomic E-state index is -3.05. The van der Waals surface area contributed by atoms with Crippen LogP contribution >= 0.6 is 0 Å². The Hall–Kier alpha value is -3.84. The second kappa shape index (κ2) is 10.1. The number of rotatable bonds is 7. The van der Waals surface area contributed by atoms with Gasteiger partial charge in [-0.15, -0.1) is 0 Å². The highest BCUT2D eigenvalue weighted by molar-refractivity contribution is 7.91. The van der Waals surface area contributed by atoms with E-state index in [2.05, 4.69) is 25.7 Å². The molecule has 11 nitrogen and oxygen atoms in total. The van der Waals surface area contributed by atoms with Gasteiger partial charge in [0.15, 0.2) is 15.7 Å². The molecule has 200 valence electrons. The number of carbonyl (C=O) groups excluding carboxylic acids is 1. The lowest BCUT2D eigenvalue weighted by atomic mass is 10.1. The number of nitrogens with one attached hydrogen (secondary N) is 2. The number of hydrogen-bond donors (Lipinski definition) is 3. The molecule has 0 bridgehead atoms. The number of amides is 1. The molecular weight excluding hydrogens is 513 g/mol. The average Bonchev–Trinajstić information content (AvgIpc) is 3.24. The monoisotopic (exact) mass is 541 g/mol. The molecule has 1 aliphatic heterocycles. The SMILES string of the molecule is C[C@@H](N)CNc1ccc(C(=O)Nc2cc(F)c3nn(C)cc3c2)c2nc(OC3CCS(=O)(=O)CC3)ncc12. The molecule has 2 aromatic carbocycles. The molecule has 4 N–H and O–H groups in total. The first-order valence-corrected chi connectivity index (χ1v) is 14.0. The number of nitrogens with zero attached hydrogens (tertiary/aromatic N) is 4. The van der Waals surface area contributed by atoms with Crippen molar-refractivity contribution in [3.05, 3.63) is 48.0 Å². The molecule has 0 saturated carbocycles. The fraction of sp³-hybridized carbons (Fsp3) is 0.360. The van der Waals surface area contributed by atoms with Crippen LogP contribution in [0.15, 0.2) is 36.7 Å². The molecule has 2 aromatic heterocycles. The lowest BCUT2D eigenvalue weighted by Crippen LogP contribution is -2.31. The van der Waals surface area contributed by atoms with E-state index < -0.39 is 21.6 Å². The summed E-state index contributed by atoms with van der Waals surface area (Å²) in [6.45, 7) is 2.35. The number of ether oxygens (including phenoxy) is 1. The van der Waals surface area contributed by atoms with Crippen molar-refractivity contribution < 1.29 is 22.3 Å². The zero-order valence-corrected chi connectivity index (χ0v) is 21.8. The van der Waals surface area contributed by atoms with Crippen LogP contribution in [0.1, 0.15) is 30.1 Å². The summed E-state index contributed by atoms with van der Waals surface area (Å²) in [5.74, 6) is -0.958. The Morgan fingerprint density at radius 3 is 2.76 bits per heavy atom. The summed E-state index contributed by atoms with van der Waals surface area (Å²) in [4.78, 5) is 22.2. The molecule has 5 rings (SSSR count). The van der Waals surface area contributed by atoms with Gasteiger partial charge in [-0.2, -0.15) is 10.1 Å². The number of nitrogens with two attached hydrogens (primary N) is 1. The van der Waals surface area contributed by atoms with E-state index in [-0.39, 0.29) is 46.4 Å². The van der Waals surface area contributed by atoms with E-state index in [0.717, 1.165) is 0 Å². The number of fused-ring (bicyclic) bond motifs is 2. The Bertz CT molecular complexity index is 1620. The Morgan fingerprint density at radius 1 is 1.26 bits per heavy atom. The van der Waals surface area contributed by atoms with Gasteiger partial charge in [-0.1, -0.05) is 0 Å². The average molecular weight is 542 g/mol. The van der Waals surface area contributed by atoms with E-state index in [1.54, 1.807) is 37.6 Å². The van der Waals surface area contributed by atoms with Gasteiger partial charge < -0.3 is 21.1 Å². The first kappa shape index (κ1) is 25.8. The summed E-state index contributed by atoms with van der Waals surface area (Å²) in [5, 5.41) is 11.2. The Labute approximate surface area is 218 Å². The number of halogens is 1. The van der Waals surface area contributed by atoms with Gasteiger partial charge in [-0.25, -0.2) is 17.8 Å². The van der Waals surface area contributed by atoms with Crippen LogP contribution in [0.2, 0.25) is 0 Å². The van der Waals surface area contributed by atoms with Gasteiger partial charge in [-0.05, 0) is 44.0 Å². The maximum absolute atomic E-state index is 14.6. The molecule has 1 saturated heterocycles. The van der Waals surface area contributed by atoms with Crippen LogP contribution in [0, 0.1) is 5.82 Å². The third-order valence-corrected chi connectivity index (χ3v) is 8.01. The molecule has 0 unspecified atom stereocenters.